The van der Waals surface area contributed by atoms with Crippen LogP contribution in [0.3, 0.4) is 0 Å². The lowest BCUT2D eigenvalue weighted by atomic mass is 9.90. The van der Waals surface area contributed by atoms with E-state index < -0.39 is 0 Å². The second-order valence-corrected chi connectivity index (χ2v) is 6.87. The van der Waals surface area contributed by atoms with Crippen molar-refractivity contribution in [3.8, 4) is 0 Å². The van der Waals surface area contributed by atoms with E-state index in [4.69, 9.17) is 4.74 Å². The molecule has 1 aliphatic carbocycles. The molecule has 4 nitrogen and oxygen atoms in total. The van der Waals surface area contributed by atoms with Crippen LogP contribution in [-0.4, -0.2) is 31.2 Å². The van der Waals surface area contributed by atoms with Crippen LogP contribution in [0.15, 0.2) is 18.2 Å². The number of nitrogens with one attached hydrogen (secondary N) is 2. The lowest BCUT2D eigenvalue weighted by Gasteiger charge is -2.35. The molecule has 0 radical (unpaired) electrons. The molecule has 2 saturated heterocycles. The first kappa shape index (κ1) is 14.2. The summed E-state index contributed by atoms with van der Waals surface area (Å²) in [5.74, 6) is 0.554. The fourth-order valence-electron chi connectivity index (χ4n) is 3.56. The van der Waals surface area contributed by atoms with Crippen LogP contribution in [0.5, 0.6) is 0 Å². The third-order valence-corrected chi connectivity index (χ3v) is 5.12. The van der Waals surface area contributed by atoms with E-state index in [-0.39, 0.29) is 29.7 Å². The van der Waals surface area contributed by atoms with Gasteiger partial charge < -0.3 is 15.4 Å². The molecule has 3 aliphatic rings. The van der Waals surface area contributed by atoms with Crippen molar-refractivity contribution in [1.29, 1.82) is 0 Å². The summed E-state index contributed by atoms with van der Waals surface area (Å²) in [5, 5.41) is 6.40. The zero-order valence-corrected chi connectivity index (χ0v) is 12.6. The predicted octanol–water partition coefficient (Wildman–Crippen LogP) is 1.69. The Balaban J connectivity index is 1.51. The Morgan fingerprint density at radius 3 is 2.82 bits per heavy atom. The van der Waals surface area contributed by atoms with Crippen LogP contribution in [-0.2, 0) is 9.53 Å². The molecule has 2 aliphatic heterocycles. The summed E-state index contributed by atoms with van der Waals surface area (Å²) in [6.45, 7) is 3.00. The lowest BCUT2D eigenvalue weighted by Crippen LogP contribution is -2.48. The van der Waals surface area contributed by atoms with E-state index >= 15 is 0 Å². The molecule has 2 unspecified atom stereocenters. The van der Waals surface area contributed by atoms with Gasteiger partial charge >= 0.3 is 0 Å². The second kappa shape index (κ2) is 5.32. The first-order chi connectivity index (χ1) is 10.6. The third kappa shape index (κ3) is 2.52. The molecule has 1 amide bonds. The Kier molecular flexibility index (Phi) is 3.42. The van der Waals surface area contributed by atoms with Crippen LogP contribution in [0.2, 0.25) is 0 Å². The number of rotatable bonds is 4. The molecular weight excluding hydrogens is 283 g/mol. The number of carbonyl (C=O) groups excluding carboxylic acids is 1. The summed E-state index contributed by atoms with van der Waals surface area (Å²) in [6.07, 6.45) is 2.09. The van der Waals surface area contributed by atoms with Gasteiger partial charge in [0.2, 0.25) is 5.91 Å². The minimum atomic E-state index is -0.305. The number of fused-ring (bicyclic) bond motifs is 1. The number of amides is 1. The number of hydrogen-bond donors (Lipinski definition) is 2. The summed E-state index contributed by atoms with van der Waals surface area (Å²) in [7, 11) is 0. The highest BCUT2D eigenvalue weighted by molar-refractivity contribution is 5.83. The molecule has 1 aromatic rings. The molecule has 118 valence electrons. The van der Waals surface area contributed by atoms with Gasteiger partial charge in [0.25, 0.3) is 0 Å². The fraction of sp³-hybridized carbons (Fsp3) is 0.588. The van der Waals surface area contributed by atoms with Crippen molar-refractivity contribution in [2.75, 3.05) is 13.2 Å². The highest BCUT2D eigenvalue weighted by Crippen LogP contribution is 2.41. The summed E-state index contributed by atoms with van der Waals surface area (Å²) in [6, 6.07) is 5.30. The SMILES string of the molecule is Cc1ccc([C@H](NC(=O)C2CC3C[C@H]3N2)C2COC2)c(F)c1. The smallest absolute Gasteiger partial charge is 0.237 e. The quantitative estimate of drug-likeness (QED) is 0.890. The topological polar surface area (TPSA) is 50.4 Å². The van der Waals surface area contributed by atoms with Crippen LogP contribution in [0.4, 0.5) is 4.39 Å². The molecule has 2 N–H and O–H groups in total. The number of piperidine rings is 1. The molecule has 3 fully saturated rings. The predicted molar refractivity (Wildman–Crippen MR) is 79.8 cm³/mol. The van der Waals surface area contributed by atoms with Crippen LogP contribution < -0.4 is 10.6 Å². The van der Waals surface area contributed by atoms with Crippen LogP contribution >= 0.6 is 0 Å². The van der Waals surface area contributed by atoms with E-state index in [9.17, 15) is 9.18 Å². The second-order valence-electron chi connectivity index (χ2n) is 6.87. The standard InChI is InChI=1S/C17H21FN2O2/c1-9-2-3-12(13(18)4-9)16(11-7-22-8-11)20-17(21)15-6-10-5-14(10)19-15/h2-4,10-11,14-16,19H,5-8H2,1H3,(H,20,21)/t10?,14-,15?,16-/m1/s1. The van der Waals surface area contributed by atoms with Crippen molar-refractivity contribution in [3.63, 3.8) is 0 Å². The molecule has 0 aromatic heterocycles. The zero-order chi connectivity index (χ0) is 15.3. The van der Waals surface area contributed by atoms with Gasteiger partial charge in [0.1, 0.15) is 5.82 Å². The molecule has 5 heteroatoms. The Morgan fingerprint density at radius 2 is 2.23 bits per heavy atom. The summed E-state index contributed by atoms with van der Waals surface area (Å²) < 4.78 is 19.6. The maximum atomic E-state index is 14.3. The largest absolute Gasteiger partial charge is 0.381 e. The first-order valence-corrected chi connectivity index (χ1v) is 8.02. The normalized spacial score (nSPS) is 31.3. The zero-order valence-electron chi connectivity index (χ0n) is 12.6. The van der Waals surface area contributed by atoms with E-state index in [1.807, 2.05) is 13.0 Å². The van der Waals surface area contributed by atoms with Crippen molar-refractivity contribution in [2.24, 2.45) is 11.8 Å². The maximum Gasteiger partial charge on any atom is 0.237 e. The summed E-state index contributed by atoms with van der Waals surface area (Å²) >= 11 is 0. The third-order valence-electron chi connectivity index (χ3n) is 5.12. The van der Waals surface area contributed by atoms with Crippen molar-refractivity contribution in [3.05, 3.63) is 35.1 Å². The highest BCUT2D eigenvalue weighted by atomic mass is 19.1. The van der Waals surface area contributed by atoms with Gasteiger partial charge in [0.15, 0.2) is 0 Å². The monoisotopic (exact) mass is 304 g/mol. The first-order valence-electron chi connectivity index (χ1n) is 8.02. The van der Waals surface area contributed by atoms with Crippen LogP contribution in [0.25, 0.3) is 0 Å². The Morgan fingerprint density at radius 1 is 1.41 bits per heavy atom. The van der Waals surface area contributed by atoms with Gasteiger partial charge in [-0.15, -0.1) is 0 Å². The Hall–Kier alpha value is -1.46. The maximum absolute atomic E-state index is 14.3. The van der Waals surface area contributed by atoms with E-state index in [1.165, 1.54) is 12.5 Å². The molecule has 0 spiro atoms. The number of hydrogen-bond acceptors (Lipinski definition) is 3. The Labute approximate surface area is 129 Å². The van der Waals surface area contributed by atoms with Gasteiger partial charge in [0.05, 0.1) is 25.3 Å². The Bertz CT molecular complexity index is 592. The van der Waals surface area contributed by atoms with E-state index in [0.29, 0.717) is 30.7 Å². The van der Waals surface area contributed by atoms with Crippen LogP contribution in [0, 0.1) is 24.6 Å². The number of benzene rings is 1. The number of carbonyl (C=O) groups is 1. The van der Waals surface area contributed by atoms with Crippen molar-refractivity contribution in [1.82, 2.24) is 10.6 Å². The molecule has 4 atom stereocenters. The van der Waals surface area contributed by atoms with Gasteiger partial charge in [-0.1, -0.05) is 12.1 Å². The van der Waals surface area contributed by atoms with Crippen LogP contribution in [0.1, 0.15) is 30.0 Å². The minimum Gasteiger partial charge on any atom is -0.381 e. The van der Waals surface area contributed by atoms with Gasteiger partial charge in [0, 0.05) is 17.5 Å². The summed E-state index contributed by atoms with van der Waals surface area (Å²) in [4.78, 5) is 12.5. The molecule has 4 rings (SSSR count). The molecular formula is C17H21FN2O2. The van der Waals surface area contributed by atoms with E-state index in [1.54, 1.807) is 6.07 Å². The van der Waals surface area contributed by atoms with Gasteiger partial charge in [-0.2, -0.15) is 0 Å². The summed E-state index contributed by atoms with van der Waals surface area (Å²) in [5.41, 5.74) is 1.45. The van der Waals surface area contributed by atoms with Crippen molar-refractivity contribution in [2.45, 2.75) is 37.9 Å². The average Bonchev–Trinajstić information content (AvgIpc) is 3.02. The van der Waals surface area contributed by atoms with Gasteiger partial charge in [-0.25, -0.2) is 4.39 Å². The highest BCUT2D eigenvalue weighted by Gasteiger charge is 2.48. The van der Waals surface area contributed by atoms with E-state index in [2.05, 4.69) is 10.6 Å². The number of halogens is 1. The molecule has 1 aromatic carbocycles. The molecule has 2 heterocycles. The lowest BCUT2D eigenvalue weighted by molar-refractivity contribution is -0.126. The van der Waals surface area contributed by atoms with Crippen molar-refractivity contribution < 1.29 is 13.9 Å². The average molecular weight is 304 g/mol. The number of aryl methyl sites for hydroxylation is 1. The minimum absolute atomic E-state index is 0.0101. The number of ether oxygens (including phenoxy) is 1. The van der Waals surface area contributed by atoms with E-state index in [0.717, 1.165) is 12.0 Å². The molecule has 1 saturated carbocycles. The van der Waals surface area contributed by atoms with Gasteiger partial charge in [-0.05, 0) is 37.3 Å². The van der Waals surface area contributed by atoms with Gasteiger partial charge in [-0.3, -0.25) is 4.79 Å². The molecule has 0 bridgehead atoms. The molecule has 22 heavy (non-hydrogen) atoms. The van der Waals surface area contributed by atoms with Crippen molar-refractivity contribution >= 4 is 5.91 Å². The fourth-order valence-corrected chi connectivity index (χ4v) is 3.56.